The highest BCUT2D eigenvalue weighted by atomic mass is 16.5. The Labute approximate surface area is 95.4 Å². The van der Waals surface area contributed by atoms with Gasteiger partial charge in [0.2, 0.25) is 0 Å². The number of esters is 1. The summed E-state index contributed by atoms with van der Waals surface area (Å²) >= 11 is 0. The topological polar surface area (TPSA) is 43.4 Å². The summed E-state index contributed by atoms with van der Waals surface area (Å²) in [5, 5.41) is 0. The number of methoxy groups -OCH3 is 1. The Balaban J connectivity index is 2.74. The Morgan fingerprint density at radius 2 is 1.88 bits per heavy atom. The van der Waals surface area contributed by atoms with Crippen LogP contribution in [0.4, 0.5) is 0 Å². The second-order valence-electron chi connectivity index (χ2n) is 3.75. The van der Waals surface area contributed by atoms with Crippen molar-refractivity contribution in [1.29, 1.82) is 0 Å². The number of carbonyl (C=O) groups excluding carboxylic acids is 2. The molecule has 1 rings (SSSR count). The van der Waals surface area contributed by atoms with Crippen LogP contribution in [0.3, 0.4) is 0 Å². The average molecular weight is 220 g/mol. The van der Waals surface area contributed by atoms with Crippen LogP contribution in [0.5, 0.6) is 0 Å². The maximum absolute atomic E-state index is 11.8. The van der Waals surface area contributed by atoms with Crippen LogP contribution in [-0.2, 0) is 9.53 Å². The van der Waals surface area contributed by atoms with Crippen LogP contribution in [0.25, 0.3) is 0 Å². The van der Waals surface area contributed by atoms with Crippen molar-refractivity contribution in [2.45, 2.75) is 26.7 Å². The normalized spacial score (nSPS) is 9.94. The summed E-state index contributed by atoms with van der Waals surface area (Å²) in [6.07, 6.45) is 0.347. The zero-order chi connectivity index (χ0) is 12.1. The lowest BCUT2D eigenvalue weighted by molar-refractivity contribution is -0.140. The highest BCUT2D eigenvalue weighted by Gasteiger charge is 2.12. The number of hydrogen-bond donors (Lipinski definition) is 0. The van der Waals surface area contributed by atoms with Crippen LogP contribution in [0.2, 0.25) is 0 Å². The van der Waals surface area contributed by atoms with Gasteiger partial charge in [0, 0.05) is 12.0 Å². The van der Waals surface area contributed by atoms with Crippen molar-refractivity contribution >= 4 is 11.8 Å². The van der Waals surface area contributed by atoms with Gasteiger partial charge in [-0.2, -0.15) is 0 Å². The van der Waals surface area contributed by atoms with E-state index in [0.717, 1.165) is 11.1 Å². The molecular formula is C13H16O3. The molecule has 86 valence electrons. The van der Waals surface area contributed by atoms with E-state index in [9.17, 15) is 9.59 Å². The lowest BCUT2D eigenvalue weighted by Crippen LogP contribution is -2.07. The minimum Gasteiger partial charge on any atom is -0.469 e. The minimum absolute atomic E-state index is 0.00778. The minimum atomic E-state index is -0.348. The molecule has 0 fully saturated rings. The zero-order valence-corrected chi connectivity index (χ0v) is 9.87. The molecular weight excluding hydrogens is 204 g/mol. The summed E-state index contributed by atoms with van der Waals surface area (Å²) in [6, 6.07) is 5.61. The van der Waals surface area contributed by atoms with E-state index in [4.69, 9.17) is 0 Å². The fourth-order valence-corrected chi connectivity index (χ4v) is 1.51. The number of ketones is 1. The van der Waals surface area contributed by atoms with Crippen molar-refractivity contribution < 1.29 is 14.3 Å². The molecule has 0 aliphatic rings. The Morgan fingerprint density at radius 1 is 1.19 bits per heavy atom. The third-order valence-electron chi connectivity index (χ3n) is 2.69. The molecule has 1 aromatic carbocycles. The number of benzene rings is 1. The predicted molar refractivity (Wildman–Crippen MR) is 61.5 cm³/mol. The summed E-state index contributed by atoms with van der Waals surface area (Å²) in [5.74, 6) is -0.356. The zero-order valence-electron chi connectivity index (χ0n) is 9.87. The molecule has 0 spiro atoms. The lowest BCUT2D eigenvalue weighted by atomic mass is 9.98. The van der Waals surface area contributed by atoms with E-state index in [1.54, 1.807) is 6.07 Å². The fourth-order valence-electron chi connectivity index (χ4n) is 1.51. The molecule has 0 bridgehead atoms. The average Bonchev–Trinajstić information content (AvgIpc) is 2.29. The number of Topliss-reactive ketones (excluding diaryl/α,β-unsaturated/α-hetero) is 1. The highest BCUT2D eigenvalue weighted by Crippen LogP contribution is 2.15. The van der Waals surface area contributed by atoms with Gasteiger partial charge in [0.05, 0.1) is 13.5 Å². The van der Waals surface area contributed by atoms with E-state index in [-0.39, 0.29) is 24.6 Å². The molecule has 0 aliphatic carbocycles. The maximum atomic E-state index is 11.8. The first kappa shape index (κ1) is 12.4. The molecule has 0 radical (unpaired) electrons. The number of hydrogen-bond acceptors (Lipinski definition) is 3. The molecule has 0 heterocycles. The molecule has 0 amide bonds. The van der Waals surface area contributed by atoms with E-state index in [2.05, 4.69) is 4.74 Å². The summed E-state index contributed by atoms with van der Waals surface area (Å²) in [4.78, 5) is 22.8. The van der Waals surface area contributed by atoms with Crippen LogP contribution in [0.1, 0.15) is 34.3 Å². The van der Waals surface area contributed by atoms with Crippen molar-refractivity contribution in [2.75, 3.05) is 7.11 Å². The standard InChI is InChI=1S/C13H16O3/c1-9-5-4-6-11(10(9)2)12(14)7-8-13(15)16-3/h4-6H,7-8H2,1-3H3. The van der Waals surface area contributed by atoms with Gasteiger partial charge in [0.1, 0.15) is 0 Å². The van der Waals surface area contributed by atoms with Gasteiger partial charge in [0.25, 0.3) is 0 Å². The summed E-state index contributed by atoms with van der Waals surface area (Å²) in [7, 11) is 1.32. The number of aryl methyl sites for hydroxylation is 1. The van der Waals surface area contributed by atoms with E-state index in [1.807, 2.05) is 26.0 Å². The second-order valence-corrected chi connectivity index (χ2v) is 3.75. The molecule has 3 heteroatoms. The Hall–Kier alpha value is -1.64. The van der Waals surface area contributed by atoms with Crippen LogP contribution < -0.4 is 0 Å². The first-order valence-corrected chi connectivity index (χ1v) is 5.22. The molecule has 0 atom stereocenters. The van der Waals surface area contributed by atoms with Crippen molar-refractivity contribution in [1.82, 2.24) is 0 Å². The molecule has 16 heavy (non-hydrogen) atoms. The first-order chi connectivity index (χ1) is 7.56. The van der Waals surface area contributed by atoms with E-state index >= 15 is 0 Å². The van der Waals surface area contributed by atoms with Crippen molar-refractivity contribution in [3.05, 3.63) is 34.9 Å². The third-order valence-corrected chi connectivity index (χ3v) is 2.69. The fraction of sp³-hybridized carbons (Fsp3) is 0.385. The number of carbonyl (C=O) groups is 2. The molecule has 0 unspecified atom stereocenters. The first-order valence-electron chi connectivity index (χ1n) is 5.22. The largest absolute Gasteiger partial charge is 0.469 e. The van der Waals surface area contributed by atoms with Gasteiger partial charge >= 0.3 is 5.97 Å². The van der Waals surface area contributed by atoms with Crippen LogP contribution in [-0.4, -0.2) is 18.9 Å². The van der Waals surface area contributed by atoms with Gasteiger partial charge in [-0.15, -0.1) is 0 Å². The lowest BCUT2D eigenvalue weighted by Gasteiger charge is -2.06. The molecule has 0 aliphatic heterocycles. The molecule has 0 saturated heterocycles. The quantitative estimate of drug-likeness (QED) is 0.578. The van der Waals surface area contributed by atoms with Gasteiger partial charge in [-0.1, -0.05) is 18.2 Å². The third kappa shape index (κ3) is 2.92. The van der Waals surface area contributed by atoms with Crippen molar-refractivity contribution in [2.24, 2.45) is 0 Å². The van der Waals surface area contributed by atoms with Gasteiger partial charge in [0.15, 0.2) is 5.78 Å². The smallest absolute Gasteiger partial charge is 0.305 e. The Kier molecular flexibility index (Phi) is 4.23. The van der Waals surface area contributed by atoms with Crippen LogP contribution in [0.15, 0.2) is 18.2 Å². The number of rotatable bonds is 4. The van der Waals surface area contributed by atoms with Gasteiger partial charge in [-0.25, -0.2) is 0 Å². The van der Waals surface area contributed by atoms with Gasteiger partial charge < -0.3 is 4.74 Å². The van der Waals surface area contributed by atoms with Crippen LogP contribution >= 0.6 is 0 Å². The monoisotopic (exact) mass is 220 g/mol. The van der Waals surface area contributed by atoms with Crippen molar-refractivity contribution in [3.8, 4) is 0 Å². The van der Waals surface area contributed by atoms with E-state index in [1.165, 1.54) is 7.11 Å². The summed E-state index contributed by atoms with van der Waals surface area (Å²) in [6.45, 7) is 3.88. The molecule has 0 N–H and O–H groups in total. The summed E-state index contributed by atoms with van der Waals surface area (Å²) < 4.78 is 4.50. The molecule has 1 aromatic rings. The SMILES string of the molecule is COC(=O)CCC(=O)c1cccc(C)c1C. The van der Waals surface area contributed by atoms with Crippen LogP contribution in [0, 0.1) is 13.8 Å². The maximum Gasteiger partial charge on any atom is 0.305 e. The Morgan fingerprint density at radius 3 is 2.50 bits per heavy atom. The molecule has 0 aromatic heterocycles. The summed E-state index contributed by atoms with van der Waals surface area (Å²) in [5.41, 5.74) is 2.77. The molecule has 0 saturated carbocycles. The van der Waals surface area contributed by atoms with Crippen molar-refractivity contribution in [3.63, 3.8) is 0 Å². The Bertz CT molecular complexity index is 408. The van der Waals surface area contributed by atoms with E-state index < -0.39 is 0 Å². The second kappa shape index (κ2) is 5.45. The van der Waals surface area contributed by atoms with Gasteiger partial charge in [-0.3, -0.25) is 9.59 Å². The number of ether oxygens (including phenoxy) is 1. The highest BCUT2D eigenvalue weighted by molar-refractivity contribution is 5.99. The van der Waals surface area contributed by atoms with Gasteiger partial charge in [-0.05, 0) is 25.0 Å². The molecule has 3 nitrogen and oxygen atoms in total. The van der Waals surface area contributed by atoms with E-state index in [0.29, 0.717) is 5.56 Å². The predicted octanol–water partition coefficient (Wildman–Crippen LogP) is 2.44.